The van der Waals surface area contributed by atoms with Gasteiger partial charge in [0.2, 0.25) is 5.91 Å². The molecule has 2 rings (SSSR count). The first kappa shape index (κ1) is 17.9. The number of hydrogen-bond donors (Lipinski definition) is 2. The van der Waals surface area contributed by atoms with Crippen molar-refractivity contribution < 1.29 is 33.4 Å². The molecule has 0 aromatic heterocycles. The minimum Gasteiger partial charge on any atom is -0.380 e. The highest BCUT2D eigenvalue weighted by atomic mass is 32.5. The minimum atomic E-state index is -10.2. The predicted molar refractivity (Wildman–Crippen MR) is 73.3 cm³/mol. The Balaban J connectivity index is 2.27. The van der Waals surface area contributed by atoms with Crippen molar-refractivity contribution in [2.24, 2.45) is 11.7 Å². The molecule has 1 aromatic rings. The van der Waals surface area contributed by atoms with Crippen molar-refractivity contribution in [3.05, 3.63) is 24.0 Å². The highest BCUT2D eigenvalue weighted by Crippen LogP contribution is 3.02. The maximum Gasteiger partial charge on any atom is 0.313 e. The second-order valence-corrected chi connectivity index (χ2v) is 7.62. The molecule has 0 aliphatic carbocycles. The van der Waals surface area contributed by atoms with Crippen molar-refractivity contribution in [2.75, 3.05) is 18.5 Å². The van der Waals surface area contributed by atoms with E-state index in [0.717, 1.165) is 6.07 Å². The van der Waals surface area contributed by atoms with Gasteiger partial charge >= 0.3 is 10.2 Å². The standard InChI is InChI=1S/C12H14F6N2O2S/c13-9-2-1-7(5-11(9)23(14,15,16,17)18)20-12(21)8-3-4-22-6-10(8)19/h1-2,5,8,10H,3-4,6,19H2,(H,20,21). The first-order valence-corrected chi connectivity index (χ1v) is 8.41. The average Bonchev–Trinajstić information content (AvgIpc) is 2.38. The molecule has 132 valence electrons. The van der Waals surface area contributed by atoms with Gasteiger partial charge in [-0.1, -0.05) is 19.4 Å². The zero-order valence-corrected chi connectivity index (χ0v) is 12.4. The van der Waals surface area contributed by atoms with Crippen molar-refractivity contribution in [2.45, 2.75) is 17.4 Å². The first-order valence-electron chi connectivity index (χ1n) is 6.46. The largest absolute Gasteiger partial charge is 0.380 e. The number of halogens is 6. The summed E-state index contributed by atoms with van der Waals surface area (Å²) in [7, 11) is -10.2. The summed E-state index contributed by atoms with van der Waals surface area (Å²) in [5.41, 5.74) is 5.07. The van der Waals surface area contributed by atoms with E-state index in [1.807, 2.05) is 0 Å². The lowest BCUT2D eigenvalue weighted by molar-refractivity contribution is -0.123. The number of carbonyl (C=O) groups is 1. The Morgan fingerprint density at radius 3 is 2.48 bits per heavy atom. The number of nitrogens with two attached hydrogens (primary N) is 1. The third-order valence-electron chi connectivity index (χ3n) is 3.35. The summed E-state index contributed by atoms with van der Waals surface area (Å²) < 4.78 is 82.0. The van der Waals surface area contributed by atoms with Crippen LogP contribution in [0.25, 0.3) is 0 Å². The van der Waals surface area contributed by atoms with Gasteiger partial charge in [0.1, 0.15) is 10.7 Å². The van der Waals surface area contributed by atoms with E-state index in [1.165, 1.54) is 0 Å². The molecule has 1 aliphatic rings. The Hall–Kier alpha value is -1.46. The number of amides is 1. The Morgan fingerprint density at radius 1 is 1.26 bits per heavy atom. The van der Waals surface area contributed by atoms with Crippen molar-refractivity contribution in [1.29, 1.82) is 0 Å². The Morgan fingerprint density at radius 2 is 1.91 bits per heavy atom. The van der Waals surface area contributed by atoms with Crippen LogP contribution in [0.4, 0.5) is 29.5 Å². The Labute approximate surface area is 127 Å². The number of ether oxygens (including phenoxy) is 1. The smallest absolute Gasteiger partial charge is 0.313 e. The van der Waals surface area contributed by atoms with E-state index in [2.05, 4.69) is 5.32 Å². The zero-order valence-electron chi connectivity index (χ0n) is 11.6. The number of rotatable bonds is 3. The monoisotopic (exact) mass is 364 g/mol. The fraction of sp³-hybridized carbons (Fsp3) is 0.417. The SMILES string of the molecule is NC1COCCC1C(=O)Nc1ccc(F)c(S(F)(F)(F)(F)F)c1. The van der Waals surface area contributed by atoms with E-state index in [0.29, 0.717) is 0 Å². The molecular formula is C12H14F6N2O2S. The maximum atomic E-state index is 13.2. The molecule has 1 saturated heterocycles. The van der Waals surface area contributed by atoms with Crippen LogP contribution >= 0.6 is 10.2 Å². The van der Waals surface area contributed by atoms with Crippen LogP contribution in [0.1, 0.15) is 6.42 Å². The summed E-state index contributed by atoms with van der Waals surface area (Å²) in [5, 5.41) is 2.06. The molecule has 0 saturated carbocycles. The molecule has 1 heterocycles. The molecule has 11 heteroatoms. The molecule has 0 radical (unpaired) electrons. The fourth-order valence-electron chi connectivity index (χ4n) is 2.20. The van der Waals surface area contributed by atoms with Crippen LogP contribution in [0.3, 0.4) is 0 Å². The topological polar surface area (TPSA) is 64.3 Å². The first-order chi connectivity index (χ1) is 10.3. The quantitative estimate of drug-likeness (QED) is 0.803. The van der Waals surface area contributed by atoms with Crippen molar-refractivity contribution in [3.63, 3.8) is 0 Å². The van der Waals surface area contributed by atoms with Crippen molar-refractivity contribution >= 4 is 21.8 Å². The molecule has 1 amide bonds. The van der Waals surface area contributed by atoms with Crippen LogP contribution in [0.2, 0.25) is 0 Å². The van der Waals surface area contributed by atoms with Gasteiger partial charge < -0.3 is 15.8 Å². The summed E-state index contributed by atoms with van der Waals surface area (Å²) in [6.45, 7) is 0.337. The zero-order chi connectivity index (χ0) is 17.5. The number of benzene rings is 1. The van der Waals surface area contributed by atoms with Crippen LogP contribution in [-0.2, 0) is 9.53 Å². The van der Waals surface area contributed by atoms with Gasteiger partial charge in [-0.25, -0.2) is 4.39 Å². The highest BCUT2D eigenvalue weighted by molar-refractivity contribution is 8.45. The van der Waals surface area contributed by atoms with E-state index in [4.69, 9.17) is 10.5 Å². The van der Waals surface area contributed by atoms with Gasteiger partial charge in [0, 0.05) is 18.3 Å². The molecular weight excluding hydrogens is 350 g/mol. The van der Waals surface area contributed by atoms with E-state index in [9.17, 15) is 28.6 Å². The third kappa shape index (κ3) is 4.30. The Bertz CT molecular complexity index is 636. The van der Waals surface area contributed by atoms with Crippen LogP contribution in [0, 0.1) is 11.7 Å². The summed E-state index contributed by atoms with van der Waals surface area (Å²) in [4.78, 5) is 9.32. The van der Waals surface area contributed by atoms with Gasteiger partial charge in [-0.05, 0) is 24.6 Å². The van der Waals surface area contributed by atoms with Gasteiger partial charge in [-0.3, -0.25) is 4.79 Å². The van der Waals surface area contributed by atoms with Crippen molar-refractivity contribution in [1.82, 2.24) is 0 Å². The normalized spacial score (nSPS) is 25.3. The van der Waals surface area contributed by atoms with Crippen LogP contribution in [0.5, 0.6) is 0 Å². The number of nitrogens with one attached hydrogen (secondary N) is 1. The fourth-order valence-corrected chi connectivity index (χ4v) is 2.98. The van der Waals surface area contributed by atoms with Gasteiger partial charge in [0.25, 0.3) is 0 Å². The molecule has 0 bridgehead atoms. The van der Waals surface area contributed by atoms with Crippen LogP contribution < -0.4 is 11.1 Å². The molecule has 0 spiro atoms. The molecule has 4 nitrogen and oxygen atoms in total. The average molecular weight is 364 g/mol. The van der Waals surface area contributed by atoms with Crippen LogP contribution in [-0.4, -0.2) is 25.2 Å². The highest BCUT2D eigenvalue weighted by Gasteiger charge is 2.67. The number of anilines is 1. The predicted octanol–water partition coefficient (Wildman–Crippen LogP) is 3.79. The Kier molecular flexibility index (Phi) is 3.90. The lowest BCUT2D eigenvalue weighted by Gasteiger charge is -2.40. The minimum absolute atomic E-state index is 0.0955. The molecule has 2 unspecified atom stereocenters. The molecule has 1 fully saturated rings. The van der Waals surface area contributed by atoms with E-state index in [-0.39, 0.29) is 31.8 Å². The van der Waals surface area contributed by atoms with E-state index >= 15 is 0 Å². The van der Waals surface area contributed by atoms with Crippen molar-refractivity contribution in [3.8, 4) is 0 Å². The third-order valence-corrected chi connectivity index (χ3v) is 4.50. The number of carbonyl (C=O) groups excluding carboxylic acids is 1. The summed E-state index contributed by atoms with van der Waals surface area (Å²) >= 11 is 0. The van der Waals surface area contributed by atoms with Crippen LogP contribution in [0.15, 0.2) is 23.1 Å². The number of hydrogen-bond acceptors (Lipinski definition) is 3. The lowest BCUT2D eigenvalue weighted by Crippen LogP contribution is -2.45. The van der Waals surface area contributed by atoms with Gasteiger partial charge in [0.05, 0.1) is 12.5 Å². The van der Waals surface area contributed by atoms with Gasteiger partial charge in [0.15, 0.2) is 0 Å². The summed E-state index contributed by atoms with van der Waals surface area (Å²) in [6.07, 6.45) is 0.239. The summed E-state index contributed by atoms with van der Waals surface area (Å²) in [5.74, 6) is -3.58. The van der Waals surface area contributed by atoms with Gasteiger partial charge in [-0.2, -0.15) is 0 Å². The molecule has 3 N–H and O–H groups in total. The molecule has 1 aliphatic heterocycles. The van der Waals surface area contributed by atoms with Gasteiger partial charge in [-0.15, -0.1) is 0 Å². The van der Waals surface area contributed by atoms with E-state index in [1.54, 1.807) is 0 Å². The molecule has 2 atom stereocenters. The summed E-state index contributed by atoms with van der Waals surface area (Å²) in [6, 6.07) is 0.219. The lowest BCUT2D eigenvalue weighted by atomic mass is 9.94. The molecule has 1 aromatic carbocycles. The van der Waals surface area contributed by atoms with E-state index < -0.39 is 44.5 Å². The molecule has 23 heavy (non-hydrogen) atoms. The second-order valence-electron chi connectivity index (χ2n) is 5.24. The maximum absolute atomic E-state index is 13.2. The second kappa shape index (κ2) is 5.02.